The van der Waals surface area contributed by atoms with Crippen LogP contribution in [0.2, 0.25) is 0 Å². The van der Waals surface area contributed by atoms with Crippen molar-refractivity contribution >= 4 is 43.5 Å². The van der Waals surface area contributed by atoms with Crippen molar-refractivity contribution in [3.8, 4) is 11.1 Å². The van der Waals surface area contributed by atoms with E-state index in [9.17, 15) is 27.9 Å². The maximum absolute atomic E-state index is 12.7. The third kappa shape index (κ3) is 5.82. The van der Waals surface area contributed by atoms with Gasteiger partial charge in [0.25, 0.3) is 11.5 Å². The second kappa shape index (κ2) is 10.9. The van der Waals surface area contributed by atoms with Crippen LogP contribution in [-0.4, -0.2) is 41.4 Å². The Morgan fingerprint density at radius 1 is 1.11 bits per heavy atom. The average Bonchev–Trinajstić information content (AvgIpc) is 3.26. The van der Waals surface area contributed by atoms with Gasteiger partial charge in [-0.25, -0.2) is 13.4 Å². The van der Waals surface area contributed by atoms with Crippen LogP contribution in [0.15, 0.2) is 63.6 Å². The highest BCUT2D eigenvalue weighted by molar-refractivity contribution is 7.89. The van der Waals surface area contributed by atoms with Crippen LogP contribution in [0.1, 0.15) is 35.6 Å². The molecule has 2 aromatic heterocycles. The molecule has 4 aromatic rings. The summed E-state index contributed by atoms with van der Waals surface area (Å²) in [6.07, 6.45) is 0. The van der Waals surface area contributed by atoms with E-state index < -0.39 is 33.9 Å². The minimum atomic E-state index is -4.03. The van der Waals surface area contributed by atoms with Crippen molar-refractivity contribution in [1.82, 2.24) is 20.0 Å². The number of carboxylic acids is 1. The molecule has 0 bridgehead atoms. The molecule has 4 rings (SSSR count). The van der Waals surface area contributed by atoms with E-state index in [1.165, 1.54) is 23.5 Å². The lowest BCUT2D eigenvalue weighted by molar-refractivity contribution is -0.140. The highest BCUT2D eigenvalue weighted by atomic mass is 32.2. The second-order valence-electron chi connectivity index (χ2n) is 9.10. The molecule has 2 aromatic carbocycles. The molecule has 0 radical (unpaired) electrons. The van der Waals surface area contributed by atoms with E-state index in [-0.39, 0.29) is 22.8 Å². The number of carboxylic acid groups (broad SMARTS) is 1. The number of fused-ring (bicyclic) bond motifs is 1. The molecule has 2 heterocycles. The quantitative estimate of drug-likeness (QED) is 0.247. The SMILES string of the molecule is Cc1csc2nc(C(=O)NCc3cccc(-c4ccc(S(=O)(=O)NC(C(=O)O)C(C)C)cc4)c3)[nH]c(=O)c12. The fourth-order valence-electron chi connectivity index (χ4n) is 3.86. The van der Waals surface area contributed by atoms with Crippen molar-refractivity contribution in [3.63, 3.8) is 0 Å². The molecule has 0 saturated carbocycles. The van der Waals surface area contributed by atoms with Gasteiger partial charge in [-0.1, -0.05) is 44.2 Å². The van der Waals surface area contributed by atoms with E-state index in [0.29, 0.717) is 10.2 Å². The Hall–Kier alpha value is -3.87. The highest BCUT2D eigenvalue weighted by Crippen LogP contribution is 2.23. The molecule has 0 aliphatic heterocycles. The van der Waals surface area contributed by atoms with Gasteiger partial charge >= 0.3 is 5.97 Å². The Morgan fingerprint density at radius 2 is 1.82 bits per heavy atom. The zero-order valence-electron chi connectivity index (χ0n) is 20.8. The molecule has 0 fully saturated rings. The summed E-state index contributed by atoms with van der Waals surface area (Å²) in [5.74, 6) is -2.24. The molecule has 10 nitrogen and oxygen atoms in total. The van der Waals surface area contributed by atoms with E-state index >= 15 is 0 Å². The van der Waals surface area contributed by atoms with Gasteiger partial charge in [-0.15, -0.1) is 11.3 Å². The summed E-state index contributed by atoms with van der Waals surface area (Å²) in [6, 6.07) is 12.2. The normalized spacial score (nSPS) is 12.5. The van der Waals surface area contributed by atoms with Crippen LogP contribution in [0.3, 0.4) is 0 Å². The molecule has 198 valence electrons. The fraction of sp³-hybridized carbons (Fsp3) is 0.231. The molecule has 4 N–H and O–H groups in total. The number of benzene rings is 2. The Balaban J connectivity index is 1.46. The first kappa shape index (κ1) is 27.2. The van der Waals surface area contributed by atoms with E-state index in [0.717, 1.165) is 22.3 Å². The molecular formula is C26H26N4O6S2. The van der Waals surface area contributed by atoms with Crippen LogP contribution in [0.5, 0.6) is 0 Å². The number of sulfonamides is 1. The average molecular weight is 555 g/mol. The lowest BCUT2D eigenvalue weighted by atomic mass is 10.0. The zero-order valence-corrected chi connectivity index (χ0v) is 22.4. The van der Waals surface area contributed by atoms with Crippen molar-refractivity contribution in [2.45, 2.75) is 38.3 Å². The monoisotopic (exact) mass is 554 g/mol. The Labute approximate surface area is 222 Å². The number of carbonyl (C=O) groups is 2. The molecule has 38 heavy (non-hydrogen) atoms. The molecule has 0 aliphatic carbocycles. The molecule has 0 saturated heterocycles. The summed E-state index contributed by atoms with van der Waals surface area (Å²) in [7, 11) is -4.03. The number of hydrogen-bond acceptors (Lipinski definition) is 7. The van der Waals surface area contributed by atoms with Crippen LogP contribution in [0.25, 0.3) is 21.3 Å². The van der Waals surface area contributed by atoms with E-state index in [2.05, 4.69) is 20.0 Å². The number of nitrogens with zero attached hydrogens (tertiary/aromatic N) is 1. The number of aromatic nitrogens is 2. The highest BCUT2D eigenvalue weighted by Gasteiger charge is 2.28. The third-order valence-electron chi connectivity index (χ3n) is 5.94. The number of amides is 1. The maximum Gasteiger partial charge on any atom is 0.322 e. The first-order valence-corrected chi connectivity index (χ1v) is 14.0. The number of aromatic amines is 1. The summed E-state index contributed by atoms with van der Waals surface area (Å²) < 4.78 is 27.6. The van der Waals surface area contributed by atoms with E-state index in [1.807, 2.05) is 36.6 Å². The van der Waals surface area contributed by atoms with Gasteiger partial charge in [0.05, 0.1) is 10.3 Å². The molecule has 1 amide bonds. The summed E-state index contributed by atoms with van der Waals surface area (Å²) in [5.41, 5.74) is 2.76. The number of nitrogens with one attached hydrogen (secondary N) is 3. The number of rotatable bonds is 9. The molecule has 12 heteroatoms. The van der Waals surface area contributed by atoms with Gasteiger partial charge in [-0.2, -0.15) is 4.72 Å². The topological polar surface area (TPSA) is 158 Å². The van der Waals surface area contributed by atoms with Gasteiger partial charge in [-0.3, -0.25) is 14.4 Å². The smallest absolute Gasteiger partial charge is 0.322 e. The predicted molar refractivity (Wildman–Crippen MR) is 145 cm³/mol. The Morgan fingerprint density at radius 3 is 2.47 bits per heavy atom. The summed E-state index contributed by atoms with van der Waals surface area (Å²) in [6.45, 7) is 5.24. The third-order valence-corrected chi connectivity index (χ3v) is 8.38. The Bertz CT molecular complexity index is 1670. The van der Waals surface area contributed by atoms with Crippen LogP contribution in [0, 0.1) is 12.8 Å². The maximum atomic E-state index is 12.7. The van der Waals surface area contributed by atoms with Crippen LogP contribution in [-0.2, 0) is 21.4 Å². The van der Waals surface area contributed by atoms with E-state index in [1.54, 1.807) is 26.0 Å². The second-order valence-corrected chi connectivity index (χ2v) is 11.7. The van der Waals surface area contributed by atoms with Gasteiger partial charge in [0, 0.05) is 6.54 Å². The molecule has 0 aliphatic rings. The lowest BCUT2D eigenvalue weighted by Gasteiger charge is -2.18. The summed E-state index contributed by atoms with van der Waals surface area (Å²) in [4.78, 5) is 43.6. The van der Waals surface area contributed by atoms with E-state index in [4.69, 9.17) is 0 Å². The standard InChI is InChI=1S/C26H26N4O6S2/c1-14(2)21(26(33)34)30-38(35,36)19-9-7-17(8-10-19)18-6-4-5-16(11-18)12-27-24(32)22-28-23(31)20-15(3)13-37-25(20)29-22/h4-11,13-14,21,30H,12H2,1-3H3,(H,27,32)(H,33,34)(H,28,29,31). The van der Waals surface area contributed by atoms with Crippen molar-refractivity contribution < 1.29 is 23.1 Å². The van der Waals surface area contributed by atoms with Gasteiger partial charge in [0.15, 0.2) is 0 Å². The lowest BCUT2D eigenvalue weighted by Crippen LogP contribution is -2.44. The minimum Gasteiger partial charge on any atom is -0.480 e. The van der Waals surface area contributed by atoms with Crippen LogP contribution < -0.4 is 15.6 Å². The minimum absolute atomic E-state index is 0.0454. The van der Waals surface area contributed by atoms with Crippen molar-refractivity contribution in [2.75, 3.05) is 0 Å². The summed E-state index contributed by atoms with van der Waals surface area (Å²) in [5, 5.41) is 14.4. The van der Waals surface area contributed by atoms with Crippen LogP contribution >= 0.6 is 11.3 Å². The van der Waals surface area contributed by atoms with Gasteiger partial charge < -0.3 is 15.4 Å². The largest absolute Gasteiger partial charge is 0.480 e. The van der Waals surface area contributed by atoms with Gasteiger partial charge in [-0.05, 0) is 58.7 Å². The van der Waals surface area contributed by atoms with Crippen molar-refractivity contribution in [2.24, 2.45) is 5.92 Å². The molecule has 0 spiro atoms. The number of carbonyl (C=O) groups excluding carboxylic acids is 1. The first-order valence-electron chi connectivity index (χ1n) is 11.7. The number of H-pyrrole nitrogens is 1. The first-order chi connectivity index (χ1) is 18.0. The summed E-state index contributed by atoms with van der Waals surface area (Å²) >= 11 is 1.30. The number of aliphatic carboxylic acids is 1. The van der Waals surface area contributed by atoms with Crippen molar-refractivity contribution in [1.29, 1.82) is 0 Å². The number of hydrogen-bond donors (Lipinski definition) is 4. The fourth-order valence-corrected chi connectivity index (χ4v) is 6.12. The Kier molecular flexibility index (Phi) is 7.76. The van der Waals surface area contributed by atoms with Gasteiger partial charge in [0.1, 0.15) is 10.9 Å². The number of aryl methyl sites for hydroxylation is 1. The van der Waals surface area contributed by atoms with Gasteiger partial charge in [0.2, 0.25) is 15.8 Å². The van der Waals surface area contributed by atoms with Crippen molar-refractivity contribution in [3.05, 3.63) is 81.2 Å². The number of thiophene rings is 1. The molecular weight excluding hydrogens is 528 g/mol. The zero-order chi connectivity index (χ0) is 27.6. The molecule has 1 atom stereocenters. The van der Waals surface area contributed by atoms with Crippen LogP contribution in [0.4, 0.5) is 0 Å². The predicted octanol–water partition coefficient (Wildman–Crippen LogP) is 3.28. The molecule has 1 unspecified atom stereocenters.